The van der Waals surface area contributed by atoms with Gasteiger partial charge in [0.15, 0.2) is 0 Å². The Morgan fingerprint density at radius 2 is 2.20 bits per heavy atom. The molecule has 0 heterocycles. The standard InChI is InChI=1S/C11H22N2O2/c1-8(11(15)13(2)3)12-10-6-4-5-9(10)7-14/h8-10,12,14H,4-7H2,1-3H3. The quantitative estimate of drug-likeness (QED) is 0.703. The Morgan fingerprint density at radius 3 is 2.73 bits per heavy atom. The number of carbonyl (C=O) groups excluding carboxylic acids is 1. The van der Waals surface area contributed by atoms with Gasteiger partial charge in [0, 0.05) is 26.7 Å². The summed E-state index contributed by atoms with van der Waals surface area (Å²) in [5.74, 6) is 0.418. The second-order valence-electron chi connectivity index (χ2n) is 4.60. The molecule has 0 saturated heterocycles. The van der Waals surface area contributed by atoms with Gasteiger partial charge in [0.2, 0.25) is 5.91 Å². The molecule has 15 heavy (non-hydrogen) atoms. The molecular weight excluding hydrogens is 192 g/mol. The molecule has 0 aromatic heterocycles. The summed E-state index contributed by atoms with van der Waals surface area (Å²) < 4.78 is 0. The van der Waals surface area contributed by atoms with Crippen LogP contribution in [0.15, 0.2) is 0 Å². The maximum Gasteiger partial charge on any atom is 0.238 e. The van der Waals surface area contributed by atoms with Crippen LogP contribution in [0.3, 0.4) is 0 Å². The van der Waals surface area contributed by atoms with Gasteiger partial charge in [-0.3, -0.25) is 4.79 Å². The molecule has 3 unspecified atom stereocenters. The van der Waals surface area contributed by atoms with Gasteiger partial charge in [0.05, 0.1) is 6.04 Å². The molecule has 0 spiro atoms. The number of hydrogen-bond acceptors (Lipinski definition) is 3. The number of amides is 1. The molecule has 0 aliphatic heterocycles. The molecule has 1 fully saturated rings. The van der Waals surface area contributed by atoms with Gasteiger partial charge in [-0.15, -0.1) is 0 Å². The smallest absolute Gasteiger partial charge is 0.238 e. The summed E-state index contributed by atoms with van der Waals surface area (Å²) in [6.07, 6.45) is 3.28. The minimum absolute atomic E-state index is 0.0959. The van der Waals surface area contributed by atoms with E-state index in [-0.39, 0.29) is 18.6 Å². The fourth-order valence-corrected chi connectivity index (χ4v) is 2.25. The lowest BCUT2D eigenvalue weighted by Crippen LogP contribution is -2.47. The highest BCUT2D eigenvalue weighted by atomic mass is 16.3. The summed E-state index contributed by atoms with van der Waals surface area (Å²) in [5.41, 5.74) is 0. The summed E-state index contributed by atoms with van der Waals surface area (Å²) >= 11 is 0. The molecule has 0 radical (unpaired) electrons. The van der Waals surface area contributed by atoms with Crippen molar-refractivity contribution in [2.75, 3.05) is 20.7 Å². The van der Waals surface area contributed by atoms with Crippen molar-refractivity contribution >= 4 is 5.91 Å². The van der Waals surface area contributed by atoms with Crippen LogP contribution in [-0.2, 0) is 4.79 Å². The van der Waals surface area contributed by atoms with E-state index in [9.17, 15) is 4.79 Å². The first-order chi connectivity index (χ1) is 7.06. The van der Waals surface area contributed by atoms with Crippen LogP contribution in [0.2, 0.25) is 0 Å². The molecular formula is C11H22N2O2. The topological polar surface area (TPSA) is 52.6 Å². The zero-order valence-electron chi connectivity index (χ0n) is 9.86. The van der Waals surface area contributed by atoms with Gasteiger partial charge < -0.3 is 15.3 Å². The third-order valence-electron chi connectivity index (χ3n) is 3.17. The van der Waals surface area contributed by atoms with Crippen LogP contribution in [0.25, 0.3) is 0 Å². The fourth-order valence-electron chi connectivity index (χ4n) is 2.25. The van der Waals surface area contributed by atoms with Gasteiger partial charge in [-0.1, -0.05) is 6.42 Å². The van der Waals surface area contributed by atoms with Crippen molar-refractivity contribution < 1.29 is 9.90 Å². The minimum atomic E-state index is -0.155. The van der Waals surface area contributed by atoms with Crippen LogP contribution in [0.1, 0.15) is 26.2 Å². The first-order valence-electron chi connectivity index (χ1n) is 5.64. The monoisotopic (exact) mass is 214 g/mol. The highest BCUT2D eigenvalue weighted by Crippen LogP contribution is 2.25. The fraction of sp³-hybridized carbons (Fsp3) is 0.909. The number of aliphatic hydroxyl groups is 1. The predicted octanol–water partition coefficient (Wildman–Crippen LogP) is 0.214. The molecule has 0 aromatic rings. The number of nitrogens with zero attached hydrogens (tertiary/aromatic N) is 1. The molecule has 4 heteroatoms. The van der Waals surface area contributed by atoms with Crippen LogP contribution >= 0.6 is 0 Å². The van der Waals surface area contributed by atoms with Gasteiger partial charge in [0.1, 0.15) is 0 Å². The van der Waals surface area contributed by atoms with Crippen LogP contribution in [0.5, 0.6) is 0 Å². The lowest BCUT2D eigenvalue weighted by molar-refractivity contribution is -0.130. The molecule has 3 atom stereocenters. The second kappa shape index (κ2) is 5.47. The lowest BCUT2D eigenvalue weighted by atomic mass is 10.0. The number of carbonyl (C=O) groups is 1. The number of likely N-dealkylation sites (N-methyl/N-ethyl adjacent to an activating group) is 1. The molecule has 2 N–H and O–H groups in total. The molecule has 1 saturated carbocycles. The van der Waals surface area contributed by atoms with E-state index >= 15 is 0 Å². The van der Waals surface area contributed by atoms with E-state index in [4.69, 9.17) is 5.11 Å². The van der Waals surface area contributed by atoms with Crippen LogP contribution in [-0.4, -0.2) is 48.7 Å². The number of nitrogens with one attached hydrogen (secondary N) is 1. The predicted molar refractivity (Wildman–Crippen MR) is 59.5 cm³/mol. The molecule has 1 amide bonds. The highest BCUT2D eigenvalue weighted by molar-refractivity contribution is 5.80. The Hall–Kier alpha value is -0.610. The summed E-state index contributed by atoms with van der Waals surface area (Å²) in [5, 5.41) is 12.5. The van der Waals surface area contributed by atoms with E-state index in [1.807, 2.05) is 6.92 Å². The zero-order valence-corrected chi connectivity index (χ0v) is 9.86. The third-order valence-corrected chi connectivity index (χ3v) is 3.17. The van der Waals surface area contributed by atoms with E-state index in [2.05, 4.69) is 5.32 Å². The zero-order chi connectivity index (χ0) is 11.4. The maximum absolute atomic E-state index is 11.6. The Morgan fingerprint density at radius 1 is 1.53 bits per heavy atom. The highest BCUT2D eigenvalue weighted by Gasteiger charge is 2.29. The normalized spacial score (nSPS) is 27.7. The first-order valence-corrected chi connectivity index (χ1v) is 5.64. The summed E-state index contributed by atoms with van der Waals surface area (Å²) in [6.45, 7) is 2.11. The van der Waals surface area contributed by atoms with Gasteiger partial charge in [-0.25, -0.2) is 0 Å². The summed E-state index contributed by atoms with van der Waals surface area (Å²) in [6, 6.07) is 0.144. The summed E-state index contributed by atoms with van der Waals surface area (Å²) in [4.78, 5) is 13.2. The lowest BCUT2D eigenvalue weighted by Gasteiger charge is -2.25. The Kier molecular flexibility index (Phi) is 4.54. The Balaban J connectivity index is 2.43. The molecule has 0 aromatic carbocycles. The maximum atomic E-state index is 11.6. The van der Waals surface area contributed by atoms with Crippen molar-refractivity contribution in [2.45, 2.75) is 38.3 Å². The van der Waals surface area contributed by atoms with Crippen molar-refractivity contribution in [1.29, 1.82) is 0 Å². The van der Waals surface area contributed by atoms with E-state index in [1.54, 1.807) is 19.0 Å². The van der Waals surface area contributed by atoms with Crippen LogP contribution in [0, 0.1) is 5.92 Å². The number of aliphatic hydroxyl groups excluding tert-OH is 1. The van der Waals surface area contributed by atoms with Gasteiger partial charge >= 0.3 is 0 Å². The van der Waals surface area contributed by atoms with Crippen molar-refractivity contribution in [3.05, 3.63) is 0 Å². The van der Waals surface area contributed by atoms with Crippen molar-refractivity contribution in [3.8, 4) is 0 Å². The van der Waals surface area contributed by atoms with Crippen molar-refractivity contribution in [2.24, 2.45) is 5.92 Å². The van der Waals surface area contributed by atoms with Crippen molar-refractivity contribution in [1.82, 2.24) is 10.2 Å². The average Bonchev–Trinajstić information content (AvgIpc) is 2.63. The van der Waals surface area contributed by atoms with Crippen molar-refractivity contribution in [3.63, 3.8) is 0 Å². The van der Waals surface area contributed by atoms with Gasteiger partial charge in [0.25, 0.3) is 0 Å². The SMILES string of the molecule is CC(NC1CCCC1CO)C(=O)N(C)C. The Bertz CT molecular complexity index is 219. The molecule has 88 valence electrons. The molecule has 1 rings (SSSR count). The van der Waals surface area contributed by atoms with Gasteiger partial charge in [-0.2, -0.15) is 0 Å². The van der Waals surface area contributed by atoms with E-state index < -0.39 is 0 Å². The molecule has 4 nitrogen and oxygen atoms in total. The molecule has 1 aliphatic rings. The first kappa shape index (κ1) is 12.5. The summed E-state index contributed by atoms with van der Waals surface area (Å²) in [7, 11) is 3.53. The molecule has 0 bridgehead atoms. The minimum Gasteiger partial charge on any atom is -0.396 e. The second-order valence-corrected chi connectivity index (χ2v) is 4.60. The largest absolute Gasteiger partial charge is 0.396 e. The Labute approximate surface area is 91.6 Å². The van der Waals surface area contributed by atoms with Gasteiger partial charge in [-0.05, 0) is 25.7 Å². The number of rotatable bonds is 4. The van der Waals surface area contributed by atoms with E-state index in [0.29, 0.717) is 12.0 Å². The number of hydrogen-bond donors (Lipinski definition) is 2. The molecule has 1 aliphatic carbocycles. The third kappa shape index (κ3) is 3.18. The van der Waals surface area contributed by atoms with E-state index in [0.717, 1.165) is 19.3 Å². The van der Waals surface area contributed by atoms with Crippen LogP contribution in [0.4, 0.5) is 0 Å². The van der Waals surface area contributed by atoms with E-state index in [1.165, 1.54) is 0 Å². The average molecular weight is 214 g/mol. The van der Waals surface area contributed by atoms with Crippen LogP contribution < -0.4 is 5.32 Å².